The van der Waals surface area contributed by atoms with Crippen LogP contribution in [0.3, 0.4) is 0 Å². The van der Waals surface area contributed by atoms with Gasteiger partial charge < -0.3 is 9.29 Å². The van der Waals surface area contributed by atoms with Crippen molar-refractivity contribution in [2.75, 3.05) is 12.9 Å². The molecular formula is C20H18FN5O3S. The second kappa shape index (κ2) is 9.90. The monoisotopic (exact) mass is 427 g/mol. The van der Waals surface area contributed by atoms with Gasteiger partial charge in [0.05, 0.1) is 31.4 Å². The zero-order valence-electron chi connectivity index (χ0n) is 16.2. The van der Waals surface area contributed by atoms with Gasteiger partial charge in [0.1, 0.15) is 23.0 Å². The Morgan fingerprint density at radius 3 is 2.83 bits per heavy atom. The maximum absolute atomic E-state index is 13.8. The lowest BCUT2D eigenvalue weighted by Gasteiger charge is -2.07. The fourth-order valence-electron chi connectivity index (χ4n) is 2.39. The Hall–Kier alpha value is -3.37. The number of nitrogens with one attached hydrogen (secondary N) is 1. The Morgan fingerprint density at radius 1 is 1.30 bits per heavy atom. The summed E-state index contributed by atoms with van der Waals surface area (Å²) in [6.07, 6.45) is 5.47. The van der Waals surface area contributed by atoms with Gasteiger partial charge in [-0.3, -0.25) is 9.78 Å². The fourth-order valence-corrected chi connectivity index (χ4v) is 3.08. The van der Waals surface area contributed by atoms with Crippen LogP contribution in [0, 0.1) is 5.82 Å². The van der Waals surface area contributed by atoms with Gasteiger partial charge in [-0.25, -0.2) is 19.8 Å². The first kappa shape index (κ1) is 21.3. The van der Waals surface area contributed by atoms with E-state index in [0.29, 0.717) is 27.8 Å². The summed E-state index contributed by atoms with van der Waals surface area (Å²) >= 11 is -1.15. The van der Waals surface area contributed by atoms with Crippen molar-refractivity contribution in [2.24, 2.45) is 5.10 Å². The molecular weight excluding hydrogens is 409 g/mol. The summed E-state index contributed by atoms with van der Waals surface area (Å²) in [5.74, 6) is -0.177. The topological polar surface area (TPSA) is 112 Å². The number of benzene rings is 1. The number of methoxy groups -OCH3 is 1. The number of hydrogen-bond donors (Lipinski definition) is 1. The van der Waals surface area contributed by atoms with Crippen LogP contribution in [0.15, 0.2) is 59.0 Å². The van der Waals surface area contributed by atoms with Crippen molar-refractivity contribution >= 4 is 23.3 Å². The molecule has 0 fully saturated rings. The lowest BCUT2D eigenvalue weighted by atomic mass is 10.2. The maximum Gasteiger partial charge on any atom is 0.291 e. The van der Waals surface area contributed by atoms with Gasteiger partial charge in [0.25, 0.3) is 5.91 Å². The van der Waals surface area contributed by atoms with E-state index >= 15 is 0 Å². The van der Waals surface area contributed by atoms with Gasteiger partial charge in [-0.1, -0.05) is 0 Å². The number of carbonyl (C=O) groups excluding carboxylic acids is 1. The van der Waals surface area contributed by atoms with Gasteiger partial charge in [-0.05, 0) is 31.2 Å². The third-order valence-corrected chi connectivity index (χ3v) is 5.20. The van der Waals surface area contributed by atoms with E-state index in [4.69, 9.17) is 4.74 Å². The quantitative estimate of drug-likeness (QED) is 0.352. The molecule has 0 aliphatic carbocycles. The van der Waals surface area contributed by atoms with E-state index in [1.54, 1.807) is 12.1 Å². The molecule has 0 aliphatic heterocycles. The van der Waals surface area contributed by atoms with Crippen molar-refractivity contribution < 1.29 is 18.5 Å². The molecule has 0 radical (unpaired) electrons. The smallest absolute Gasteiger partial charge is 0.291 e. The molecule has 1 amide bonds. The van der Waals surface area contributed by atoms with Crippen LogP contribution in [-0.2, 0) is 11.2 Å². The molecule has 2 heterocycles. The van der Waals surface area contributed by atoms with Crippen LogP contribution >= 0.6 is 0 Å². The van der Waals surface area contributed by atoms with Crippen molar-refractivity contribution in [2.45, 2.75) is 11.9 Å². The molecule has 3 aromatic rings. The molecule has 154 valence electrons. The van der Waals surface area contributed by atoms with Crippen molar-refractivity contribution in [3.8, 4) is 17.0 Å². The number of rotatable bonds is 7. The van der Waals surface area contributed by atoms with Crippen LogP contribution in [-0.4, -0.2) is 44.5 Å². The Kier molecular flexibility index (Phi) is 7.04. The Bertz CT molecular complexity index is 1060. The number of hydrogen-bond acceptors (Lipinski definition) is 7. The van der Waals surface area contributed by atoms with Gasteiger partial charge in [0.15, 0.2) is 0 Å². The standard InChI is InChI=1S/C20H18FN5O3S/c1-3-30(28)19-7-4-13(9-23-19)17-11-22-12-18(25-17)20(27)26-24-10-14-8-15(29-2)5-6-16(14)21/h4-12H,3H2,1-2H3,(H,26,27)/b24-10+. The molecule has 0 aliphatic rings. The molecule has 10 heteroatoms. The van der Waals surface area contributed by atoms with Crippen molar-refractivity contribution in [3.63, 3.8) is 0 Å². The van der Waals surface area contributed by atoms with E-state index in [1.165, 1.54) is 50.1 Å². The Morgan fingerprint density at radius 2 is 2.13 bits per heavy atom. The van der Waals surface area contributed by atoms with E-state index < -0.39 is 22.9 Å². The number of pyridine rings is 1. The number of hydrazone groups is 1. The summed E-state index contributed by atoms with van der Waals surface area (Å²) < 4.78 is 30.6. The highest BCUT2D eigenvalue weighted by atomic mass is 32.2. The van der Waals surface area contributed by atoms with Crippen molar-refractivity contribution in [3.05, 3.63) is 66.0 Å². The van der Waals surface area contributed by atoms with Gasteiger partial charge in [0, 0.05) is 34.6 Å². The largest absolute Gasteiger partial charge is 0.610 e. The first-order valence-electron chi connectivity index (χ1n) is 8.85. The van der Waals surface area contributed by atoms with Gasteiger partial charge in [-0.15, -0.1) is 0 Å². The summed E-state index contributed by atoms with van der Waals surface area (Å²) in [7, 11) is 1.47. The van der Waals surface area contributed by atoms with E-state index in [-0.39, 0.29) is 11.3 Å². The first-order chi connectivity index (χ1) is 14.5. The number of aromatic nitrogens is 3. The van der Waals surface area contributed by atoms with Crippen molar-refractivity contribution in [1.82, 2.24) is 20.4 Å². The normalized spacial score (nSPS) is 12.0. The zero-order valence-corrected chi connectivity index (χ0v) is 17.0. The molecule has 1 unspecified atom stereocenters. The van der Waals surface area contributed by atoms with Crippen molar-refractivity contribution in [1.29, 1.82) is 0 Å². The highest BCUT2D eigenvalue weighted by Crippen LogP contribution is 2.18. The number of carbonyl (C=O) groups is 1. The van der Waals surface area contributed by atoms with E-state index in [2.05, 4.69) is 25.5 Å². The molecule has 8 nitrogen and oxygen atoms in total. The first-order valence-corrected chi connectivity index (χ1v) is 10.2. The second-order valence-corrected chi connectivity index (χ2v) is 7.58. The SMILES string of the molecule is CC[S+]([O-])c1ccc(-c2cncc(C(=O)N/N=C/c3cc(OC)ccc3F)n2)cn1. The molecule has 1 aromatic carbocycles. The minimum atomic E-state index is -1.15. The van der Waals surface area contributed by atoms with Gasteiger partial charge in [-0.2, -0.15) is 5.10 Å². The zero-order chi connectivity index (χ0) is 21.5. The molecule has 3 rings (SSSR count). The minimum absolute atomic E-state index is 0.0250. The van der Waals surface area contributed by atoms with Crippen LogP contribution in [0.4, 0.5) is 4.39 Å². The van der Waals surface area contributed by atoms with Crippen LogP contribution in [0.2, 0.25) is 0 Å². The van der Waals surface area contributed by atoms with E-state index in [1.807, 2.05) is 6.92 Å². The molecule has 0 saturated carbocycles. The molecule has 30 heavy (non-hydrogen) atoms. The predicted molar refractivity (Wildman–Crippen MR) is 110 cm³/mol. The summed E-state index contributed by atoms with van der Waals surface area (Å²) in [5.41, 5.74) is 3.51. The average molecular weight is 427 g/mol. The maximum atomic E-state index is 13.8. The predicted octanol–water partition coefficient (Wildman–Crippen LogP) is 2.58. The molecule has 0 spiro atoms. The summed E-state index contributed by atoms with van der Waals surface area (Å²) in [6.45, 7) is 1.81. The van der Waals surface area contributed by atoms with Crippen LogP contribution in [0.1, 0.15) is 23.0 Å². The fraction of sp³-hybridized carbons (Fsp3) is 0.150. The van der Waals surface area contributed by atoms with Gasteiger partial charge in [0.2, 0.25) is 5.03 Å². The number of nitrogens with zero attached hydrogens (tertiary/aromatic N) is 4. The highest BCUT2D eigenvalue weighted by molar-refractivity contribution is 7.91. The third-order valence-electron chi connectivity index (χ3n) is 3.97. The molecule has 0 bridgehead atoms. The number of amides is 1. The Balaban J connectivity index is 1.72. The highest BCUT2D eigenvalue weighted by Gasteiger charge is 2.12. The molecule has 2 aromatic heterocycles. The number of ether oxygens (including phenoxy) is 1. The van der Waals surface area contributed by atoms with Crippen LogP contribution < -0.4 is 10.2 Å². The average Bonchev–Trinajstić information content (AvgIpc) is 2.79. The van der Waals surface area contributed by atoms with Crippen LogP contribution in [0.25, 0.3) is 11.3 Å². The summed E-state index contributed by atoms with van der Waals surface area (Å²) in [6, 6.07) is 7.54. The second-order valence-electron chi connectivity index (χ2n) is 5.90. The Labute approximate surface area is 175 Å². The van der Waals surface area contributed by atoms with E-state index in [9.17, 15) is 13.7 Å². The van der Waals surface area contributed by atoms with Gasteiger partial charge >= 0.3 is 0 Å². The summed E-state index contributed by atoms with van der Waals surface area (Å²) in [4.78, 5) is 24.7. The van der Waals surface area contributed by atoms with E-state index in [0.717, 1.165) is 0 Å². The lowest BCUT2D eigenvalue weighted by Crippen LogP contribution is -2.19. The lowest BCUT2D eigenvalue weighted by molar-refractivity contribution is 0.0950. The number of halogens is 1. The molecule has 0 saturated heterocycles. The third kappa shape index (κ3) is 5.16. The summed E-state index contributed by atoms with van der Waals surface area (Å²) in [5, 5.41) is 4.24. The molecule has 1 atom stereocenters. The molecule has 1 N–H and O–H groups in total. The van der Waals surface area contributed by atoms with Crippen LogP contribution in [0.5, 0.6) is 5.75 Å². The minimum Gasteiger partial charge on any atom is -0.610 e.